The van der Waals surface area contributed by atoms with E-state index in [1.165, 1.54) is 29.2 Å². The van der Waals surface area contributed by atoms with Crippen LogP contribution >= 0.6 is 0 Å². The summed E-state index contributed by atoms with van der Waals surface area (Å²) in [6.07, 6.45) is -0.0419. The van der Waals surface area contributed by atoms with Crippen molar-refractivity contribution in [3.05, 3.63) is 52.6 Å². The number of esters is 1. The molecule has 2 heterocycles. The van der Waals surface area contributed by atoms with Crippen molar-refractivity contribution >= 4 is 34.8 Å². The van der Waals surface area contributed by atoms with Crippen LogP contribution < -0.4 is 19.7 Å². The number of fused-ring (bicyclic) bond motifs is 1. The lowest BCUT2D eigenvalue weighted by Crippen LogP contribution is -2.28. The average molecular weight is 441 g/mol. The summed E-state index contributed by atoms with van der Waals surface area (Å²) in [5, 5.41) is 13.2. The maximum absolute atomic E-state index is 12.4. The van der Waals surface area contributed by atoms with Crippen LogP contribution in [0.15, 0.2) is 42.5 Å². The first-order chi connectivity index (χ1) is 15.4. The van der Waals surface area contributed by atoms with Gasteiger partial charge in [-0.3, -0.25) is 24.5 Å². The Balaban J connectivity index is 1.31. The molecule has 32 heavy (non-hydrogen) atoms. The molecule has 11 nitrogen and oxygen atoms in total. The number of nitrogens with zero attached hydrogens (tertiary/aromatic N) is 2. The van der Waals surface area contributed by atoms with Crippen molar-refractivity contribution in [1.82, 2.24) is 0 Å². The minimum Gasteiger partial charge on any atom is -0.486 e. The van der Waals surface area contributed by atoms with Crippen molar-refractivity contribution in [2.45, 2.75) is 6.42 Å². The lowest BCUT2D eigenvalue weighted by molar-refractivity contribution is -0.384. The molecule has 166 valence electrons. The Morgan fingerprint density at radius 2 is 1.94 bits per heavy atom. The topological polar surface area (TPSA) is 137 Å². The predicted molar refractivity (Wildman–Crippen MR) is 111 cm³/mol. The number of nitrogens with one attached hydrogen (secondary N) is 1. The van der Waals surface area contributed by atoms with E-state index in [-0.39, 0.29) is 30.2 Å². The third kappa shape index (κ3) is 4.61. The van der Waals surface area contributed by atoms with Gasteiger partial charge in [-0.05, 0) is 18.2 Å². The zero-order valence-electron chi connectivity index (χ0n) is 16.8. The maximum Gasteiger partial charge on any atom is 0.311 e. The van der Waals surface area contributed by atoms with Crippen LogP contribution in [0.5, 0.6) is 11.5 Å². The summed E-state index contributed by atoms with van der Waals surface area (Å²) in [4.78, 5) is 48.5. The molecule has 0 aliphatic carbocycles. The van der Waals surface area contributed by atoms with E-state index >= 15 is 0 Å². The quantitative estimate of drug-likeness (QED) is 0.408. The zero-order chi connectivity index (χ0) is 22.7. The van der Waals surface area contributed by atoms with Crippen molar-refractivity contribution in [2.24, 2.45) is 5.92 Å². The van der Waals surface area contributed by atoms with Gasteiger partial charge in [0, 0.05) is 42.5 Å². The number of hydrogen-bond donors (Lipinski definition) is 1. The van der Waals surface area contributed by atoms with Crippen LogP contribution in [0.4, 0.5) is 17.1 Å². The number of rotatable bonds is 6. The molecule has 1 atom stereocenters. The molecule has 0 spiro atoms. The van der Waals surface area contributed by atoms with E-state index in [4.69, 9.17) is 14.2 Å². The SMILES string of the molecule is O=C(COC(=O)[C@H]1CC(=O)N(c2ccc3c(c2)OCCO3)C1)Nc1cccc([N+](=O)[O-])c1. The van der Waals surface area contributed by atoms with Gasteiger partial charge < -0.3 is 24.4 Å². The number of carbonyl (C=O) groups is 3. The molecule has 1 fully saturated rings. The third-order valence-electron chi connectivity index (χ3n) is 4.98. The van der Waals surface area contributed by atoms with Gasteiger partial charge in [-0.2, -0.15) is 0 Å². The van der Waals surface area contributed by atoms with Gasteiger partial charge in [0.15, 0.2) is 18.1 Å². The van der Waals surface area contributed by atoms with Gasteiger partial charge in [0.2, 0.25) is 5.91 Å². The molecule has 2 aromatic carbocycles. The van der Waals surface area contributed by atoms with E-state index in [0.717, 1.165) is 0 Å². The number of nitro benzene ring substituents is 1. The molecule has 2 amide bonds. The van der Waals surface area contributed by atoms with Crippen LogP contribution in [0.3, 0.4) is 0 Å². The molecule has 4 rings (SSSR count). The maximum atomic E-state index is 12.4. The highest BCUT2D eigenvalue weighted by molar-refractivity contribution is 6.00. The summed E-state index contributed by atoms with van der Waals surface area (Å²) >= 11 is 0. The molecule has 11 heteroatoms. The molecular weight excluding hydrogens is 422 g/mol. The molecule has 2 aliphatic rings. The van der Waals surface area contributed by atoms with Gasteiger partial charge in [-0.15, -0.1) is 0 Å². The highest BCUT2D eigenvalue weighted by Crippen LogP contribution is 2.36. The van der Waals surface area contributed by atoms with Crippen LogP contribution in [-0.4, -0.2) is 49.1 Å². The Bertz CT molecular complexity index is 1090. The Hall–Kier alpha value is -4.15. The number of carbonyl (C=O) groups excluding carboxylic acids is 3. The van der Waals surface area contributed by atoms with Crippen LogP contribution in [0.2, 0.25) is 0 Å². The number of non-ortho nitro benzene ring substituents is 1. The van der Waals surface area contributed by atoms with Gasteiger partial charge in [0.1, 0.15) is 13.2 Å². The minimum absolute atomic E-state index is 0.0419. The van der Waals surface area contributed by atoms with Gasteiger partial charge in [-0.25, -0.2) is 0 Å². The molecule has 0 bridgehead atoms. The Kier molecular flexibility index (Phi) is 5.88. The standard InChI is InChI=1S/C21H19N3O8/c25-19(22-14-2-1-3-16(9-14)24(28)29)12-32-21(27)13-8-20(26)23(11-13)15-4-5-17-18(10-15)31-7-6-30-17/h1-5,9-10,13H,6-8,11-12H2,(H,22,25)/t13-/m0/s1. The first kappa shape index (κ1) is 21.1. The number of benzene rings is 2. The van der Waals surface area contributed by atoms with Crippen molar-refractivity contribution in [3.63, 3.8) is 0 Å². The molecule has 2 aliphatic heterocycles. The summed E-state index contributed by atoms with van der Waals surface area (Å²) in [7, 11) is 0. The van der Waals surface area contributed by atoms with Crippen molar-refractivity contribution in [1.29, 1.82) is 0 Å². The Morgan fingerprint density at radius 1 is 1.16 bits per heavy atom. The summed E-state index contributed by atoms with van der Waals surface area (Å²) in [6.45, 7) is 0.412. The van der Waals surface area contributed by atoms with E-state index in [2.05, 4.69) is 5.32 Å². The highest BCUT2D eigenvalue weighted by atomic mass is 16.6. The van der Waals surface area contributed by atoms with Crippen molar-refractivity contribution in [2.75, 3.05) is 36.6 Å². The second-order valence-corrected chi connectivity index (χ2v) is 7.20. The summed E-state index contributed by atoms with van der Waals surface area (Å²) in [6, 6.07) is 10.5. The van der Waals surface area contributed by atoms with Crippen molar-refractivity contribution < 1.29 is 33.5 Å². The molecule has 1 saturated heterocycles. The molecule has 0 saturated carbocycles. The number of ether oxygens (including phenoxy) is 3. The summed E-state index contributed by atoms with van der Waals surface area (Å²) in [5.41, 5.74) is 0.613. The second-order valence-electron chi connectivity index (χ2n) is 7.20. The highest BCUT2D eigenvalue weighted by Gasteiger charge is 2.36. The second kappa shape index (κ2) is 8.92. The fraction of sp³-hybridized carbons (Fsp3) is 0.286. The molecular formula is C21H19N3O8. The van der Waals surface area contributed by atoms with Gasteiger partial charge in [0.05, 0.1) is 10.8 Å². The largest absolute Gasteiger partial charge is 0.486 e. The molecule has 0 unspecified atom stereocenters. The van der Waals surface area contributed by atoms with Crippen molar-refractivity contribution in [3.8, 4) is 11.5 Å². The van der Waals surface area contributed by atoms with Crippen LogP contribution in [0.1, 0.15) is 6.42 Å². The van der Waals surface area contributed by atoms with Gasteiger partial charge >= 0.3 is 5.97 Å². The van der Waals surface area contributed by atoms with E-state index in [1.54, 1.807) is 18.2 Å². The fourth-order valence-corrected chi connectivity index (χ4v) is 3.46. The molecule has 1 N–H and O–H groups in total. The first-order valence-corrected chi connectivity index (χ1v) is 9.81. The third-order valence-corrected chi connectivity index (χ3v) is 4.98. The van der Waals surface area contributed by atoms with Gasteiger partial charge in [0.25, 0.3) is 11.6 Å². The normalized spacial score (nSPS) is 17.1. The number of hydrogen-bond acceptors (Lipinski definition) is 8. The monoisotopic (exact) mass is 441 g/mol. The lowest BCUT2D eigenvalue weighted by Gasteiger charge is -2.22. The Morgan fingerprint density at radius 3 is 2.72 bits per heavy atom. The average Bonchev–Trinajstić information content (AvgIpc) is 3.19. The number of amides is 2. The number of nitro groups is 1. The zero-order valence-corrected chi connectivity index (χ0v) is 16.8. The predicted octanol–water partition coefficient (Wildman–Crippen LogP) is 1.90. The summed E-state index contributed by atoms with van der Waals surface area (Å²) in [5.74, 6) is -1.16. The van der Waals surface area contributed by atoms with Crippen LogP contribution in [-0.2, 0) is 19.1 Å². The van der Waals surface area contributed by atoms with E-state index in [1.807, 2.05) is 0 Å². The van der Waals surface area contributed by atoms with E-state index < -0.39 is 29.3 Å². The first-order valence-electron chi connectivity index (χ1n) is 9.81. The minimum atomic E-state index is -0.721. The fourth-order valence-electron chi connectivity index (χ4n) is 3.46. The summed E-state index contributed by atoms with van der Waals surface area (Å²) < 4.78 is 16.1. The molecule has 0 aromatic heterocycles. The van der Waals surface area contributed by atoms with Crippen LogP contribution in [0.25, 0.3) is 0 Å². The van der Waals surface area contributed by atoms with Gasteiger partial charge in [-0.1, -0.05) is 6.07 Å². The lowest BCUT2D eigenvalue weighted by atomic mass is 10.1. The van der Waals surface area contributed by atoms with E-state index in [9.17, 15) is 24.5 Å². The Labute approximate surface area is 182 Å². The number of anilines is 2. The molecule has 0 radical (unpaired) electrons. The van der Waals surface area contributed by atoms with Crippen LogP contribution in [0, 0.1) is 16.0 Å². The smallest absolute Gasteiger partial charge is 0.311 e. The molecule has 2 aromatic rings. The van der Waals surface area contributed by atoms with E-state index in [0.29, 0.717) is 30.4 Å².